The maximum atomic E-state index is 12.3. The summed E-state index contributed by atoms with van der Waals surface area (Å²) >= 11 is 0. The molecule has 167 valence electrons. The van der Waals surface area contributed by atoms with Gasteiger partial charge in [-0.2, -0.15) is 0 Å². The van der Waals surface area contributed by atoms with Crippen LogP contribution in [0.4, 0.5) is 0 Å². The van der Waals surface area contributed by atoms with Gasteiger partial charge >= 0.3 is 0 Å². The molecule has 8 nitrogen and oxygen atoms in total. The summed E-state index contributed by atoms with van der Waals surface area (Å²) in [5, 5.41) is 19.6. The number of rotatable bonds is 10. The molecule has 1 amide bonds. The van der Waals surface area contributed by atoms with Crippen LogP contribution in [0.2, 0.25) is 0 Å². The molecule has 0 atom stereocenters. The summed E-state index contributed by atoms with van der Waals surface area (Å²) in [7, 11) is 1.58. The number of nitrogens with one attached hydrogen (secondary N) is 2. The molecule has 0 fully saturated rings. The summed E-state index contributed by atoms with van der Waals surface area (Å²) in [5.41, 5.74) is 10.6. The number of nitrogens with zero attached hydrogens (tertiary/aromatic N) is 1. The number of allylic oxidation sites excluding steroid dienone is 5. The van der Waals surface area contributed by atoms with Gasteiger partial charge in [-0.25, -0.2) is 10.5 Å². The zero-order valence-corrected chi connectivity index (χ0v) is 21.2. The number of ether oxygens (including phenoxy) is 1. The van der Waals surface area contributed by atoms with Crippen LogP contribution < -0.4 is 16.5 Å². The van der Waals surface area contributed by atoms with E-state index in [2.05, 4.69) is 28.2 Å². The van der Waals surface area contributed by atoms with Crippen LogP contribution in [0.5, 0.6) is 0 Å². The first-order valence-corrected chi connectivity index (χ1v) is 9.17. The average molecular weight is 505 g/mol. The molecule has 9 heteroatoms. The third-order valence-corrected chi connectivity index (χ3v) is 3.60. The van der Waals surface area contributed by atoms with Crippen molar-refractivity contribution in [2.45, 2.75) is 20.5 Å². The number of hydrogen-bond acceptors (Lipinski definition) is 7. The van der Waals surface area contributed by atoms with E-state index >= 15 is 0 Å². The molecular formula is C22H32N4O4Y. The minimum atomic E-state index is -0.330. The Balaban J connectivity index is 0. The molecule has 1 aromatic rings. The smallest absolute Gasteiger partial charge is 0.256 e. The van der Waals surface area contributed by atoms with Crippen molar-refractivity contribution >= 4 is 11.6 Å². The van der Waals surface area contributed by atoms with Crippen molar-refractivity contribution in [2.24, 2.45) is 10.7 Å². The summed E-state index contributed by atoms with van der Waals surface area (Å²) in [5.74, 6) is -0.0556. The maximum Gasteiger partial charge on any atom is 0.256 e. The molecule has 31 heavy (non-hydrogen) atoms. The molecule has 0 aliphatic carbocycles. The van der Waals surface area contributed by atoms with Gasteiger partial charge in [-0.3, -0.25) is 4.79 Å². The second-order valence-corrected chi connectivity index (χ2v) is 6.06. The first kappa shape index (κ1) is 31.3. The van der Waals surface area contributed by atoms with Gasteiger partial charge in [0.15, 0.2) is 5.82 Å². The van der Waals surface area contributed by atoms with Gasteiger partial charge in [-0.05, 0) is 37.1 Å². The summed E-state index contributed by atoms with van der Waals surface area (Å²) in [4.78, 5) is 16.6. The van der Waals surface area contributed by atoms with Gasteiger partial charge in [-0.15, -0.1) is 0 Å². The zero-order chi connectivity index (χ0) is 22.9. The molecule has 0 saturated carbocycles. The fraction of sp³-hybridized carbons (Fsp3) is 0.273. The summed E-state index contributed by atoms with van der Waals surface area (Å²) in [6, 6.07) is 6.63. The Hall–Kier alpha value is -1.94. The van der Waals surface area contributed by atoms with Crippen molar-refractivity contribution in [2.75, 3.05) is 20.3 Å². The van der Waals surface area contributed by atoms with Gasteiger partial charge in [0.2, 0.25) is 0 Å². The van der Waals surface area contributed by atoms with Crippen LogP contribution in [0.25, 0.3) is 0 Å². The molecular weight excluding hydrogens is 473 g/mol. The fourth-order valence-electron chi connectivity index (χ4n) is 1.85. The van der Waals surface area contributed by atoms with Gasteiger partial charge in [0.25, 0.3) is 5.91 Å². The number of carbonyl (C=O) groups is 1. The number of methoxy groups -OCH3 is 1. The minimum Gasteiger partial charge on any atom is -0.399 e. The molecule has 0 aliphatic rings. The molecule has 1 radical (unpaired) electrons. The van der Waals surface area contributed by atoms with Crippen LogP contribution >= 0.6 is 0 Å². The van der Waals surface area contributed by atoms with Crippen molar-refractivity contribution in [3.05, 3.63) is 83.9 Å². The Bertz CT molecular complexity index is 779. The topological polar surface area (TPSA) is 129 Å². The molecule has 1 aromatic carbocycles. The normalized spacial score (nSPS) is 11.6. The largest absolute Gasteiger partial charge is 0.399 e. The number of aliphatic hydroxyl groups excluding tert-OH is 1. The number of aliphatic hydroxyl groups is 1. The predicted octanol–water partition coefficient (Wildman–Crippen LogP) is 2.42. The van der Waals surface area contributed by atoms with Crippen LogP contribution in [-0.4, -0.2) is 42.2 Å². The van der Waals surface area contributed by atoms with Crippen LogP contribution in [-0.2, 0) is 44.1 Å². The fourth-order valence-corrected chi connectivity index (χ4v) is 1.85. The number of aliphatic imine (C=N–C) groups is 1. The van der Waals surface area contributed by atoms with Gasteiger partial charge in [0, 0.05) is 63.3 Å². The summed E-state index contributed by atoms with van der Waals surface area (Å²) < 4.78 is 4.56. The molecule has 0 heterocycles. The SMILES string of the molecule is C=C/C=C\C(=C)/C(C)=N/C(NC(=O)c1ccc(CO)cc1)=C(\C)N.COCCNO.[Y]. The number of hydrogen-bond donors (Lipinski definition) is 5. The number of amides is 1. The number of hydroxylamine groups is 1. The molecule has 0 aromatic heterocycles. The maximum absolute atomic E-state index is 12.3. The summed E-state index contributed by atoms with van der Waals surface area (Å²) in [6.45, 7) is 11.9. The van der Waals surface area contributed by atoms with Gasteiger partial charge in [0.1, 0.15) is 0 Å². The van der Waals surface area contributed by atoms with E-state index in [9.17, 15) is 4.79 Å². The van der Waals surface area contributed by atoms with E-state index in [4.69, 9.17) is 16.0 Å². The Morgan fingerprint density at radius 3 is 2.32 bits per heavy atom. The standard InChI is InChI=1S/C19H23N3O2.C3H9NO2.Y/c1-5-6-7-13(2)15(4)21-18(14(3)20)22-19(24)17-10-8-16(12-23)9-11-17;1-6-3-2-4-5;/h5-11,23H,1-2,12,20H2,3-4H3,(H,22,24);4-5H,2-3H2,1H3;/b7-6-,18-14-,21-15+;;. The molecule has 1 rings (SSSR count). The third kappa shape index (κ3) is 13.9. The van der Waals surface area contributed by atoms with E-state index in [-0.39, 0.29) is 51.0 Å². The average Bonchev–Trinajstić information content (AvgIpc) is 2.75. The van der Waals surface area contributed by atoms with E-state index in [1.54, 1.807) is 63.5 Å². The Morgan fingerprint density at radius 2 is 1.90 bits per heavy atom. The molecule has 6 N–H and O–H groups in total. The Morgan fingerprint density at radius 1 is 1.29 bits per heavy atom. The summed E-state index contributed by atoms with van der Waals surface area (Å²) in [6.07, 6.45) is 5.16. The number of benzene rings is 1. The quantitative estimate of drug-likeness (QED) is 0.144. The van der Waals surface area contributed by atoms with Gasteiger partial charge < -0.3 is 26.1 Å². The molecule has 0 bridgehead atoms. The Labute approximate surface area is 209 Å². The van der Waals surface area contributed by atoms with Crippen molar-refractivity contribution in [3.8, 4) is 0 Å². The molecule has 0 unspecified atom stereocenters. The number of carbonyl (C=O) groups excluding carboxylic acids is 1. The predicted molar refractivity (Wildman–Crippen MR) is 120 cm³/mol. The monoisotopic (exact) mass is 505 g/mol. The molecule has 0 saturated heterocycles. The zero-order valence-electron chi connectivity index (χ0n) is 18.4. The van der Waals surface area contributed by atoms with Crippen molar-refractivity contribution in [3.63, 3.8) is 0 Å². The van der Waals surface area contributed by atoms with Crippen molar-refractivity contribution in [1.82, 2.24) is 10.8 Å². The first-order chi connectivity index (χ1) is 14.3. The van der Waals surface area contributed by atoms with Crippen molar-refractivity contribution < 1.29 is 52.6 Å². The second-order valence-electron chi connectivity index (χ2n) is 6.06. The van der Waals surface area contributed by atoms with E-state index in [0.717, 1.165) is 5.56 Å². The van der Waals surface area contributed by atoms with E-state index in [0.29, 0.717) is 35.7 Å². The minimum absolute atomic E-state index is 0. The molecule has 0 spiro atoms. The van der Waals surface area contributed by atoms with Gasteiger partial charge in [-0.1, -0.05) is 43.5 Å². The Kier molecular flexibility index (Phi) is 19.0. The first-order valence-electron chi connectivity index (χ1n) is 9.17. The van der Waals surface area contributed by atoms with E-state index in [1.165, 1.54) is 0 Å². The van der Waals surface area contributed by atoms with E-state index < -0.39 is 0 Å². The van der Waals surface area contributed by atoms with E-state index in [1.807, 2.05) is 5.48 Å². The molecule has 0 aliphatic heterocycles. The second kappa shape index (κ2) is 18.8. The third-order valence-electron chi connectivity index (χ3n) is 3.60. The van der Waals surface area contributed by atoms with Crippen LogP contribution in [0.1, 0.15) is 29.8 Å². The van der Waals surface area contributed by atoms with Gasteiger partial charge in [0.05, 0.1) is 13.2 Å². The van der Waals surface area contributed by atoms with Crippen LogP contribution in [0.15, 0.2) is 77.7 Å². The van der Waals surface area contributed by atoms with Crippen LogP contribution in [0, 0.1) is 0 Å². The number of nitrogens with two attached hydrogens (primary N) is 1. The van der Waals surface area contributed by atoms with Crippen LogP contribution in [0.3, 0.4) is 0 Å². The van der Waals surface area contributed by atoms with Crippen molar-refractivity contribution in [1.29, 1.82) is 0 Å².